The quantitative estimate of drug-likeness (QED) is 0.725. The Hall–Kier alpha value is -1.06. The molecule has 0 atom stereocenters. The van der Waals surface area contributed by atoms with Crippen LogP contribution in [0, 0.1) is 5.41 Å². The lowest BCUT2D eigenvalue weighted by Crippen LogP contribution is -2.41. The van der Waals surface area contributed by atoms with E-state index >= 15 is 0 Å². The van der Waals surface area contributed by atoms with Crippen molar-refractivity contribution in [2.24, 2.45) is 5.41 Å². The van der Waals surface area contributed by atoms with Gasteiger partial charge < -0.3 is 10.6 Å². The van der Waals surface area contributed by atoms with Crippen LogP contribution in [0.5, 0.6) is 0 Å². The third kappa shape index (κ3) is 6.92. The summed E-state index contributed by atoms with van der Waals surface area (Å²) in [7, 11) is 0. The molecule has 0 spiro atoms. The van der Waals surface area contributed by atoms with Gasteiger partial charge >= 0.3 is 0 Å². The largest absolute Gasteiger partial charge is 0.354 e. The zero-order chi connectivity index (χ0) is 14.1. The van der Waals surface area contributed by atoms with Crippen LogP contribution in [-0.2, 0) is 11.2 Å². The van der Waals surface area contributed by atoms with E-state index in [0.717, 1.165) is 25.9 Å². The van der Waals surface area contributed by atoms with Gasteiger partial charge in [-0.15, -0.1) is 12.4 Å². The maximum Gasteiger partial charge on any atom is 0.226 e. The Morgan fingerprint density at radius 3 is 2.35 bits per heavy atom. The zero-order valence-electron chi connectivity index (χ0n) is 12.7. The van der Waals surface area contributed by atoms with Crippen LogP contribution in [-0.4, -0.2) is 25.5 Å². The molecule has 0 aromatic heterocycles. The zero-order valence-corrected chi connectivity index (χ0v) is 13.6. The van der Waals surface area contributed by atoms with Crippen molar-refractivity contribution in [2.45, 2.75) is 33.6 Å². The van der Waals surface area contributed by atoms with Crippen molar-refractivity contribution in [2.75, 3.05) is 19.6 Å². The first kappa shape index (κ1) is 18.9. The SMILES string of the molecule is CCCNCCNC(=O)C(C)(C)Cc1ccccc1.Cl. The van der Waals surface area contributed by atoms with Crippen LogP contribution >= 0.6 is 12.4 Å². The highest BCUT2D eigenvalue weighted by Crippen LogP contribution is 2.21. The van der Waals surface area contributed by atoms with Gasteiger partial charge in [-0.3, -0.25) is 4.79 Å². The first-order valence-electron chi connectivity index (χ1n) is 7.09. The van der Waals surface area contributed by atoms with Gasteiger partial charge in [0.15, 0.2) is 0 Å². The van der Waals surface area contributed by atoms with E-state index in [1.54, 1.807) is 0 Å². The second-order valence-corrected chi connectivity index (χ2v) is 5.55. The molecule has 1 aromatic carbocycles. The number of amides is 1. The Bertz CT molecular complexity index is 379. The summed E-state index contributed by atoms with van der Waals surface area (Å²) in [6, 6.07) is 10.2. The third-order valence-electron chi connectivity index (χ3n) is 3.12. The number of hydrogen-bond acceptors (Lipinski definition) is 2. The highest BCUT2D eigenvalue weighted by atomic mass is 35.5. The summed E-state index contributed by atoms with van der Waals surface area (Å²) in [5, 5.41) is 6.28. The molecule has 1 aromatic rings. The molecule has 0 aliphatic carbocycles. The Kier molecular flexibility index (Phi) is 9.26. The highest BCUT2D eigenvalue weighted by Gasteiger charge is 2.27. The lowest BCUT2D eigenvalue weighted by molar-refractivity contribution is -0.129. The van der Waals surface area contributed by atoms with E-state index in [1.165, 1.54) is 5.56 Å². The minimum atomic E-state index is -0.369. The Balaban J connectivity index is 0.00000361. The molecule has 0 saturated heterocycles. The average Bonchev–Trinajstić information content (AvgIpc) is 2.39. The minimum Gasteiger partial charge on any atom is -0.354 e. The monoisotopic (exact) mass is 298 g/mol. The predicted octanol–water partition coefficient (Wildman–Crippen LogP) is 2.79. The van der Waals surface area contributed by atoms with Crippen LogP contribution in [0.15, 0.2) is 30.3 Å². The van der Waals surface area contributed by atoms with Crippen LogP contribution in [0.1, 0.15) is 32.8 Å². The maximum absolute atomic E-state index is 12.2. The van der Waals surface area contributed by atoms with E-state index in [9.17, 15) is 4.79 Å². The van der Waals surface area contributed by atoms with Crippen LogP contribution < -0.4 is 10.6 Å². The lowest BCUT2D eigenvalue weighted by atomic mass is 9.85. The maximum atomic E-state index is 12.2. The fourth-order valence-electron chi connectivity index (χ4n) is 1.99. The molecule has 0 aliphatic heterocycles. The molecular formula is C16H27ClN2O. The van der Waals surface area contributed by atoms with Gasteiger partial charge in [-0.05, 0) is 24.9 Å². The normalized spacial score (nSPS) is 10.8. The Labute approximate surface area is 128 Å². The van der Waals surface area contributed by atoms with Crippen molar-refractivity contribution in [1.82, 2.24) is 10.6 Å². The summed E-state index contributed by atoms with van der Waals surface area (Å²) in [4.78, 5) is 12.2. The number of carbonyl (C=O) groups is 1. The van der Waals surface area contributed by atoms with E-state index in [0.29, 0.717) is 6.54 Å². The summed E-state index contributed by atoms with van der Waals surface area (Å²) >= 11 is 0. The number of rotatable bonds is 8. The molecule has 1 amide bonds. The van der Waals surface area contributed by atoms with Crippen molar-refractivity contribution in [3.05, 3.63) is 35.9 Å². The number of carbonyl (C=O) groups excluding carboxylic acids is 1. The first-order chi connectivity index (χ1) is 9.06. The smallest absolute Gasteiger partial charge is 0.226 e. The Morgan fingerprint density at radius 1 is 1.10 bits per heavy atom. The van der Waals surface area contributed by atoms with E-state index in [1.807, 2.05) is 32.0 Å². The van der Waals surface area contributed by atoms with Gasteiger partial charge in [0.2, 0.25) is 5.91 Å². The molecule has 0 aliphatic rings. The number of benzene rings is 1. The molecule has 3 nitrogen and oxygen atoms in total. The molecule has 0 bridgehead atoms. The summed E-state index contributed by atoms with van der Waals surface area (Å²) in [6.07, 6.45) is 1.88. The molecule has 4 heteroatoms. The molecule has 2 N–H and O–H groups in total. The molecule has 0 heterocycles. The van der Waals surface area contributed by atoms with E-state index in [4.69, 9.17) is 0 Å². The average molecular weight is 299 g/mol. The molecule has 20 heavy (non-hydrogen) atoms. The molecular weight excluding hydrogens is 272 g/mol. The summed E-state index contributed by atoms with van der Waals surface area (Å²) in [5.74, 6) is 0.120. The van der Waals surface area contributed by atoms with Gasteiger partial charge in [-0.25, -0.2) is 0 Å². The van der Waals surface area contributed by atoms with Crippen molar-refractivity contribution in [1.29, 1.82) is 0 Å². The van der Waals surface area contributed by atoms with Gasteiger partial charge in [0.05, 0.1) is 0 Å². The van der Waals surface area contributed by atoms with E-state index in [2.05, 4.69) is 29.7 Å². The van der Waals surface area contributed by atoms with Crippen molar-refractivity contribution in [3.63, 3.8) is 0 Å². The number of nitrogens with one attached hydrogen (secondary N) is 2. The summed E-state index contributed by atoms with van der Waals surface area (Å²) < 4.78 is 0. The summed E-state index contributed by atoms with van der Waals surface area (Å²) in [5.41, 5.74) is 0.832. The van der Waals surface area contributed by atoms with Crippen molar-refractivity contribution >= 4 is 18.3 Å². The summed E-state index contributed by atoms with van der Waals surface area (Å²) in [6.45, 7) is 8.65. The second kappa shape index (κ2) is 9.78. The van der Waals surface area contributed by atoms with Gasteiger partial charge in [-0.1, -0.05) is 51.1 Å². The number of halogens is 1. The van der Waals surface area contributed by atoms with Crippen molar-refractivity contribution in [3.8, 4) is 0 Å². The van der Waals surface area contributed by atoms with Crippen LogP contribution in [0.25, 0.3) is 0 Å². The van der Waals surface area contributed by atoms with Crippen molar-refractivity contribution < 1.29 is 4.79 Å². The first-order valence-corrected chi connectivity index (χ1v) is 7.09. The fraction of sp³-hybridized carbons (Fsp3) is 0.562. The topological polar surface area (TPSA) is 41.1 Å². The third-order valence-corrected chi connectivity index (χ3v) is 3.12. The van der Waals surface area contributed by atoms with Gasteiger partial charge in [-0.2, -0.15) is 0 Å². The molecule has 0 radical (unpaired) electrons. The van der Waals surface area contributed by atoms with Gasteiger partial charge in [0.1, 0.15) is 0 Å². The molecule has 0 fully saturated rings. The van der Waals surface area contributed by atoms with Crippen LogP contribution in [0.3, 0.4) is 0 Å². The molecule has 0 unspecified atom stereocenters. The van der Waals surface area contributed by atoms with E-state index in [-0.39, 0.29) is 23.7 Å². The van der Waals surface area contributed by atoms with Crippen LogP contribution in [0.4, 0.5) is 0 Å². The lowest BCUT2D eigenvalue weighted by Gasteiger charge is -2.23. The fourth-order valence-corrected chi connectivity index (χ4v) is 1.99. The highest BCUT2D eigenvalue weighted by molar-refractivity contribution is 5.85. The predicted molar refractivity (Wildman–Crippen MR) is 87.3 cm³/mol. The molecule has 114 valence electrons. The molecule has 0 saturated carbocycles. The Morgan fingerprint density at radius 2 is 1.75 bits per heavy atom. The molecule has 1 rings (SSSR count). The van der Waals surface area contributed by atoms with Gasteiger partial charge in [0.25, 0.3) is 0 Å². The van der Waals surface area contributed by atoms with Gasteiger partial charge in [0, 0.05) is 18.5 Å². The second-order valence-electron chi connectivity index (χ2n) is 5.55. The van der Waals surface area contributed by atoms with E-state index < -0.39 is 0 Å². The minimum absolute atomic E-state index is 0. The number of hydrogen-bond donors (Lipinski definition) is 2. The van der Waals surface area contributed by atoms with Crippen LogP contribution in [0.2, 0.25) is 0 Å². The standard InChI is InChI=1S/C16H26N2O.ClH/c1-4-10-17-11-12-18-15(19)16(2,3)13-14-8-6-5-7-9-14;/h5-9,17H,4,10-13H2,1-3H3,(H,18,19);1H.